The Morgan fingerprint density at radius 2 is 1.65 bits per heavy atom. The summed E-state index contributed by atoms with van der Waals surface area (Å²) in [6.45, 7) is 9.47. The lowest BCUT2D eigenvalue weighted by atomic mass is 10.1. The minimum Gasteiger partial charge on any atom is -0.368 e. The van der Waals surface area contributed by atoms with Crippen LogP contribution in [0.1, 0.15) is 34.5 Å². The molecule has 7 nitrogen and oxygen atoms in total. The van der Waals surface area contributed by atoms with Crippen molar-refractivity contribution in [2.24, 2.45) is 0 Å². The molecule has 2 fully saturated rings. The predicted octanol–water partition coefficient (Wildman–Crippen LogP) is 3.51. The Kier molecular flexibility index (Phi) is 5.40. The smallest absolute Gasteiger partial charge is 0.271 e. The third-order valence-electron chi connectivity index (χ3n) is 6.23. The molecule has 5 rings (SSSR count). The second kappa shape index (κ2) is 8.34. The molecule has 0 saturated carbocycles. The van der Waals surface area contributed by atoms with Crippen LogP contribution in [-0.2, 0) is 0 Å². The number of carbonyl (C=O) groups excluding carboxylic acids is 1. The zero-order valence-electron chi connectivity index (χ0n) is 18.1. The topological polar surface area (TPSA) is 57.5 Å². The number of anilines is 2. The van der Waals surface area contributed by atoms with Gasteiger partial charge in [0.05, 0.1) is 0 Å². The number of nitrogens with zero attached hydrogens (tertiary/aromatic N) is 6. The van der Waals surface area contributed by atoms with E-state index in [2.05, 4.69) is 52.0 Å². The number of hydrogen-bond donors (Lipinski definition) is 0. The fourth-order valence-electron chi connectivity index (χ4n) is 4.44. The third-order valence-corrected chi connectivity index (χ3v) is 7.21. The number of hydrogen-bond acceptors (Lipinski definition) is 6. The van der Waals surface area contributed by atoms with Crippen LogP contribution in [-0.4, -0.2) is 64.8 Å². The van der Waals surface area contributed by atoms with Crippen LogP contribution < -0.4 is 9.80 Å². The SMILES string of the molecule is Cc1ccc(C)c(N2CCN(C(=O)c3cccn3-c3nnc(N4CCCC4)s3)CC2)c1. The third kappa shape index (κ3) is 3.92. The van der Waals surface area contributed by atoms with Crippen LogP contribution in [0.2, 0.25) is 0 Å². The summed E-state index contributed by atoms with van der Waals surface area (Å²) in [4.78, 5) is 19.9. The molecule has 0 bridgehead atoms. The van der Waals surface area contributed by atoms with Crippen molar-refractivity contribution in [1.82, 2.24) is 19.7 Å². The first-order valence-corrected chi connectivity index (χ1v) is 11.8. The number of aromatic nitrogens is 3. The van der Waals surface area contributed by atoms with Gasteiger partial charge in [-0.15, -0.1) is 10.2 Å². The number of carbonyl (C=O) groups is 1. The van der Waals surface area contributed by atoms with E-state index in [0.717, 1.165) is 36.4 Å². The molecule has 0 N–H and O–H groups in total. The van der Waals surface area contributed by atoms with Gasteiger partial charge in [-0.05, 0) is 56.0 Å². The zero-order chi connectivity index (χ0) is 21.4. The minimum atomic E-state index is 0.0588. The molecule has 31 heavy (non-hydrogen) atoms. The lowest BCUT2D eigenvalue weighted by Crippen LogP contribution is -2.49. The Morgan fingerprint density at radius 3 is 2.42 bits per heavy atom. The highest BCUT2D eigenvalue weighted by molar-refractivity contribution is 7.17. The van der Waals surface area contributed by atoms with Gasteiger partial charge in [-0.3, -0.25) is 9.36 Å². The molecule has 3 aromatic rings. The van der Waals surface area contributed by atoms with Gasteiger partial charge in [0.1, 0.15) is 5.69 Å². The summed E-state index contributed by atoms with van der Waals surface area (Å²) in [5.41, 5.74) is 4.48. The molecular weight excluding hydrogens is 408 g/mol. The molecule has 0 aliphatic carbocycles. The van der Waals surface area contributed by atoms with Gasteiger partial charge >= 0.3 is 0 Å². The lowest BCUT2D eigenvalue weighted by Gasteiger charge is -2.37. The van der Waals surface area contributed by atoms with Gasteiger partial charge in [0.25, 0.3) is 5.91 Å². The van der Waals surface area contributed by atoms with E-state index in [1.54, 1.807) is 11.3 Å². The first-order chi connectivity index (χ1) is 15.1. The predicted molar refractivity (Wildman–Crippen MR) is 125 cm³/mol. The fourth-order valence-corrected chi connectivity index (χ4v) is 5.33. The molecular formula is C23H28N6OS. The maximum Gasteiger partial charge on any atom is 0.271 e. The normalized spacial score (nSPS) is 16.9. The second-order valence-electron chi connectivity index (χ2n) is 8.39. The van der Waals surface area contributed by atoms with E-state index in [9.17, 15) is 4.79 Å². The molecule has 2 saturated heterocycles. The average Bonchev–Trinajstić information content (AvgIpc) is 3.55. The molecule has 2 aliphatic rings. The van der Waals surface area contributed by atoms with Gasteiger partial charge in [-0.1, -0.05) is 23.5 Å². The Hall–Kier alpha value is -2.87. The molecule has 1 amide bonds. The fraction of sp³-hybridized carbons (Fsp3) is 0.435. The van der Waals surface area contributed by atoms with Crippen molar-refractivity contribution in [2.45, 2.75) is 26.7 Å². The molecule has 8 heteroatoms. The van der Waals surface area contributed by atoms with Crippen LogP contribution in [0.15, 0.2) is 36.5 Å². The number of benzene rings is 1. The first kappa shape index (κ1) is 20.1. The van der Waals surface area contributed by atoms with Crippen LogP contribution in [0.3, 0.4) is 0 Å². The summed E-state index contributed by atoms with van der Waals surface area (Å²) < 4.78 is 1.89. The molecule has 0 spiro atoms. The highest BCUT2D eigenvalue weighted by atomic mass is 32.1. The largest absolute Gasteiger partial charge is 0.368 e. The zero-order valence-corrected chi connectivity index (χ0v) is 18.9. The number of amides is 1. The molecule has 2 aliphatic heterocycles. The summed E-state index contributed by atoms with van der Waals surface area (Å²) in [5, 5.41) is 10.4. The maximum atomic E-state index is 13.3. The van der Waals surface area contributed by atoms with Crippen LogP contribution in [0.5, 0.6) is 0 Å². The number of aryl methyl sites for hydroxylation is 2. The number of rotatable bonds is 4. The standard InChI is InChI=1S/C23H28N6OS/c1-17-7-8-18(2)20(16-17)26-12-14-27(15-13-26)21(30)19-6-5-11-29(19)23-25-24-22(31-23)28-9-3-4-10-28/h5-8,11,16H,3-4,9-10,12-15H2,1-2H3. The van der Waals surface area contributed by atoms with Gasteiger partial charge in [0.15, 0.2) is 0 Å². The minimum absolute atomic E-state index is 0.0588. The molecule has 2 aromatic heterocycles. The van der Waals surface area contributed by atoms with Gasteiger partial charge in [-0.25, -0.2) is 0 Å². The van der Waals surface area contributed by atoms with E-state index in [1.165, 1.54) is 29.7 Å². The summed E-state index contributed by atoms with van der Waals surface area (Å²) in [7, 11) is 0. The molecule has 0 atom stereocenters. The monoisotopic (exact) mass is 436 g/mol. The second-order valence-corrected chi connectivity index (χ2v) is 9.33. The van der Waals surface area contributed by atoms with Crippen molar-refractivity contribution in [1.29, 1.82) is 0 Å². The van der Waals surface area contributed by atoms with Crippen LogP contribution >= 0.6 is 11.3 Å². The van der Waals surface area contributed by atoms with E-state index in [0.29, 0.717) is 18.8 Å². The van der Waals surface area contributed by atoms with E-state index in [-0.39, 0.29) is 5.91 Å². The van der Waals surface area contributed by atoms with Crippen molar-refractivity contribution in [3.8, 4) is 5.13 Å². The van der Waals surface area contributed by atoms with Crippen molar-refractivity contribution in [3.63, 3.8) is 0 Å². The van der Waals surface area contributed by atoms with Crippen molar-refractivity contribution in [2.75, 3.05) is 49.1 Å². The van der Waals surface area contributed by atoms with Gasteiger partial charge in [0, 0.05) is 51.2 Å². The van der Waals surface area contributed by atoms with Gasteiger partial charge in [0.2, 0.25) is 10.3 Å². The summed E-state index contributed by atoms with van der Waals surface area (Å²) in [6, 6.07) is 10.4. The van der Waals surface area contributed by atoms with Gasteiger partial charge < -0.3 is 14.7 Å². The first-order valence-electron chi connectivity index (χ1n) is 11.0. The van der Waals surface area contributed by atoms with Gasteiger partial charge in [-0.2, -0.15) is 0 Å². The van der Waals surface area contributed by atoms with Crippen LogP contribution in [0.25, 0.3) is 5.13 Å². The van der Waals surface area contributed by atoms with E-state index >= 15 is 0 Å². The van der Waals surface area contributed by atoms with Crippen LogP contribution in [0, 0.1) is 13.8 Å². The molecule has 0 radical (unpaired) electrons. The Labute approximate surface area is 186 Å². The number of piperazine rings is 1. The maximum absolute atomic E-state index is 13.3. The Balaban J connectivity index is 1.29. The summed E-state index contributed by atoms with van der Waals surface area (Å²) >= 11 is 1.55. The van der Waals surface area contributed by atoms with E-state index in [4.69, 9.17) is 0 Å². The van der Waals surface area contributed by atoms with Crippen molar-refractivity contribution in [3.05, 3.63) is 53.3 Å². The molecule has 0 unspecified atom stereocenters. The van der Waals surface area contributed by atoms with Crippen LogP contribution in [0.4, 0.5) is 10.8 Å². The molecule has 162 valence electrons. The Bertz CT molecular complexity index is 1080. The molecule has 4 heterocycles. The van der Waals surface area contributed by atoms with E-state index < -0.39 is 0 Å². The average molecular weight is 437 g/mol. The summed E-state index contributed by atoms with van der Waals surface area (Å²) in [5.74, 6) is 0.0588. The highest BCUT2D eigenvalue weighted by Crippen LogP contribution is 2.28. The highest BCUT2D eigenvalue weighted by Gasteiger charge is 2.26. The van der Waals surface area contributed by atoms with Crippen molar-refractivity contribution >= 4 is 28.1 Å². The quantitative estimate of drug-likeness (QED) is 0.627. The Morgan fingerprint density at radius 1 is 0.903 bits per heavy atom. The van der Waals surface area contributed by atoms with E-state index in [1.807, 2.05) is 27.8 Å². The molecule has 1 aromatic carbocycles. The summed E-state index contributed by atoms with van der Waals surface area (Å²) in [6.07, 6.45) is 4.32. The van der Waals surface area contributed by atoms with Crippen molar-refractivity contribution < 1.29 is 4.79 Å². The lowest BCUT2D eigenvalue weighted by molar-refractivity contribution is 0.0738.